The second-order valence-corrected chi connectivity index (χ2v) is 9.79. The Morgan fingerprint density at radius 3 is 2.55 bits per heavy atom. The third kappa shape index (κ3) is 4.10. The van der Waals surface area contributed by atoms with Gasteiger partial charge in [-0.1, -0.05) is 12.1 Å². The Bertz CT molecular complexity index is 1120. The summed E-state index contributed by atoms with van der Waals surface area (Å²) in [5.74, 6) is 0.171. The predicted molar refractivity (Wildman–Crippen MR) is 113 cm³/mol. The van der Waals surface area contributed by atoms with Crippen molar-refractivity contribution in [3.63, 3.8) is 0 Å². The fourth-order valence-corrected chi connectivity index (χ4v) is 5.06. The zero-order chi connectivity index (χ0) is 22.2. The van der Waals surface area contributed by atoms with Gasteiger partial charge in [0.25, 0.3) is 0 Å². The molecule has 2 amide bonds. The fourth-order valence-electron chi connectivity index (χ4n) is 4.43. The van der Waals surface area contributed by atoms with Gasteiger partial charge >= 0.3 is 12.0 Å². The highest BCUT2D eigenvalue weighted by molar-refractivity contribution is 7.90. The number of methoxy groups -OCH3 is 1. The summed E-state index contributed by atoms with van der Waals surface area (Å²) in [5, 5.41) is 2.86. The van der Waals surface area contributed by atoms with E-state index in [1.807, 2.05) is 0 Å². The van der Waals surface area contributed by atoms with Crippen LogP contribution >= 0.6 is 0 Å². The Kier molecular flexibility index (Phi) is 5.62. The highest BCUT2D eigenvalue weighted by Crippen LogP contribution is 2.43. The summed E-state index contributed by atoms with van der Waals surface area (Å²) in [6, 6.07) is 9.33. The quantitative estimate of drug-likeness (QED) is 0.711. The summed E-state index contributed by atoms with van der Waals surface area (Å²) in [6.45, 7) is 0.263. The first-order valence-corrected chi connectivity index (χ1v) is 11.9. The van der Waals surface area contributed by atoms with Gasteiger partial charge in [-0.2, -0.15) is 0 Å². The Hall–Kier alpha value is -3.07. The summed E-state index contributed by atoms with van der Waals surface area (Å²) in [5.41, 5.74) is 2.02. The molecule has 2 aliphatic heterocycles. The first-order chi connectivity index (χ1) is 14.8. The molecule has 0 spiro atoms. The Morgan fingerprint density at radius 1 is 1.19 bits per heavy atom. The van der Waals surface area contributed by atoms with Gasteiger partial charge in [-0.05, 0) is 54.7 Å². The number of urea groups is 1. The minimum atomic E-state index is -3.32. The van der Waals surface area contributed by atoms with Gasteiger partial charge < -0.3 is 19.4 Å². The van der Waals surface area contributed by atoms with Crippen LogP contribution in [0.15, 0.2) is 57.5 Å². The number of amides is 2. The van der Waals surface area contributed by atoms with E-state index in [1.54, 1.807) is 35.4 Å². The van der Waals surface area contributed by atoms with Crippen LogP contribution < -0.4 is 5.32 Å². The molecule has 3 heterocycles. The molecule has 2 atom stereocenters. The maximum absolute atomic E-state index is 12.9. The number of benzene rings is 1. The molecule has 0 radical (unpaired) electrons. The zero-order valence-corrected chi connectivity index (χ0v) is 18.1. The second kappa shape index (κ2) is 8.22. The molecule has 2 aliphatic rings. The summed E-state index contributed by atoms with van der Waals surface area (Å²) in [6.07, 6.45) is 4.62. The van der Waals surface area contributed by atoms with Crippen molar-refractivity contribution >= 4 is 27.4 Å². The molecule has 1 aromatic carbocycles. The molecule has 2 bridgehead atoms. The minimum absolute atomic E-state index is 0.0559. The first-order valence-electron chi connectivity index (χ1n) is 10.00. The number of hydrogen-bond donors (Lipinski definition) is 1. The zero-order valence-electron chi connectivity index (χ0n) is 17.3. The standard InChI is InChI=1S/C22H24N2O6S/c1-29-21(25)20-18(14-5-8-17(9-6-14)31(2,27)28)12-15-7-10-19(20)24(15)22(26)23-13-16-4-3-11-30-16/h3-6,8-9,11,15,19H,7,10,12-13H2,1-2H3,(H,23,26)/t15-,19+/m0/s1. The normalized spacial score (nSPS) is 20.6. The predicted octanol–water partition coefficient (Wildman–Crippen LogP) is 2.76. The van der Waals surface area contributed by atoms with Gasteiger partial charge in [-0.25, -0.2) is 18.0 Å². The Morgan fingerprint density at radius 2 is 1.94 bits per heavy atom. The molecule has 164 valence electrons. The smallest absolute Gasteiger partial charge is 0.336 e. The molecular formula is C22H24N2O6S. The molecule has 1 aromatic heterocycles. The van der Waals surface area contributed by atoms with E-state index in [4.69, 9.17) is 9.15 Å². The van der Waals surface area contributed by atoms with Crippen LogP contribution in [0.2, 0.25) is 0 Å². The topological polar surface area (TPSA) is 106 Å². The summed E-state index contributed by atoms with van der Waals surface area (Å²) in [4.78, 5) is 27.6. The van der Waals surface area contributed by atoms with Crippen LogP contribution in [-0.4, -0.2) is 50.8 Å². The molecule has 0 aliphatic carbocycles. The number of carbonyl (C=O) groups is 2. The molecule has 2 aromatic rings. The van der Waals surface area contributed by atoms with Gasteiger partial charge in [0.15, 0.2) is 9.84 Å². The molecule has 9 heteroatoms. The van der Waals surface area contributed by atoms with Gasteiger partial charge in [0.1, 0.15) is 5.76 Å². The number of furan rings is 1. The van der Waals surface area contributed by atoms with Gasteiger partial charge in [0.2, 0.25) is 0 Å². The lowest BCUT2D eigenvalue weighted by molar-refractivity contribution is -0.136. The highest BCUT2D eigenvalue weighted by atomic mass is 32.2. The molecule has 31 heavy (non-hydrogen) atoms. The maximum Gasteiger partial charge on any atom is 0.336 e. The van der Waals surface area contributed by atoms with Gasteiger partial charge in [-0.15, -0.1) is 0 Å². The van der Waals surface area contributed by atoms with Crippen molar-refractivity contribution in [2.45, 2.75) is 42.8 Å². The number of nitrogens with zero attached hydrogens (tertiary/aromatic N) is 1. The molecule has 1 saturated heterocycles. The molecule has 0 saturated carbocycles. The molecule has 8 nitrogen and oxygen atoms in total. The maximum atomic E-state index is 12.9. The monoisotopic (exact) mass is 444 g/mol. The van der Waals surface area contributed by atoms with Gasteiger partial charge in [0, 0.05) is 12.3 Å². The Labute approximate surface area is 180 Å². The first kappa shape index (κ1) is 21.2. The van der Waals surface area contributed by atoms with Crippen LogP contribution in [0.25, 0.3) is 5.57 Å². The van der Waals surface area contributed by atoms with Crippen molar-refractivity contribution in [2.24, 2.45) is 0 Å². The largest absolute Gasteiger partial charge is 0.467 e. The van der Waals surface area contributed by atoms with E-state index >= 15 is 0 Å². The fraction of sp³-hybridized carbons (Fsp3) is 0.364. The van der Waals surface area contributed by atoms with E-state index in [2.05, 4.69) is 5.32 Å². The van der Waals surface area contributed by atoms with E-state index in [0.717, 1.165) is 23.8 Å². The van der Waals surface area contributed by atoms with Gasteiger partial charge in [-0.3, -0.25) is 0 Å². The van der Waals surface area contributed by atoms with Gasteiger partial charge in [0.05, 0.1) is 36.4 Å². The lowest BCUT2D eigenvalue weighted by Crippen LogP contribution is -2.50. The van der Waals surface area contributed by atoms with Crippen LogP contribution in [0.5, 0.6) is 0 Å². The van der Waals surface area contributed by atoms with E-state index in [1.165, 1.54) is 19.2 Å². The lowest BCUT2D eigenvalue weighted by Gasteiger charge is -2.37. The Balaban J connectivity index is 1.65. The van der Waals surface area contributed by atoms with Crippen LogP contribution in [0, 0.1) is 0 Å². The molecule has 1 N–H and O–H groups in total. The van der Waals surface area contributed by atoms with Crippen molar-refractivity contribution in [3.05, 3.63) is 59.6 Å². The van der Waals surface area contributed by atoms with Crippen molar-refractivity contribution in [3.8, 4) is 0 Å². The minimum Gasteiger partial charge on any atom is -0.467 e. The second-order valence-electron chi connectivity index (χ2n) is 7.78. The SMILES string of the molecule is COC(=O)C1=C(c2ccc(S(C)(=O)=O)cc2)C[C@@H]2CC[C@H]1N2C(=O)NCc1ccco1. The van der Waals surface area contributed by atoms with Crippen LogP contribution in [0.1, 0.15) is 30.6 Å². The average molecular weight is 445 g/mol. The number of carbonyl (C=O) groups excluding carboxylic acids is 2. The molecule has 1 fully saturated rings. The van der Waals surface area contributed by atoms with Crippen LogP contribution in [0.4, 0.5) is 4.79 Å². The lowest BCUT2D eigenvalue weighted by atomic mass is 9.88. The number of nitrogens with one attached hydrogen (secondary N) is 1. The number of rotatable bonds is 5. The number of fused-ring (bicyclic) bond motifs is 2. The van der Waals surface area contributed by atoms with E-state index in [9.17, 15) is 18.0 Å². The van der Waals surface area contributed by atoms with Crippen molar-refractivity contribution < 1.29 is 27.2 Å². The van der Waals surface area contributed by atoms with E-state index in [0.29, 0.717) is 24.2 Å². The van der Waals surface area contributed by atoms with Crippen LogP contribution in [0.3, 0.4) is 0 Å². The van der Waals surface area contributed by atoms with Crippen LogP contribution in [-0.2, 0) is 25.9 Å². The van der Waals surface area contributed by atoms with E-state index in [-0.39, 0.29) is 23.5 Å². The number of hydrogen-bond acceptors (Lipinski definition) is 6. The molecule has 0 unspecified atom stereocenters. The molecular weight excluding hydrogens is 420 g/mol. The number of sulfone groups is 1. The molecule has 4 rings (SSSR count). The summed E-state index contributed by atoms with van der Waals surface area (Å²) >= 11 is 0. The number of ether oxygens (including phenoxy) is 1. The van der Waals surface area contributed by atoms with Crippen molar-refractivity contribution in [2.75, 3.05) is 13.4 Å². The summed E-state index contributed by atoms with van der Waals surface area (Å²) < 4.78 is 33.9. The number of esters is 1. The average Bonchev–Trinajstić information content (AvgIpc) is 3.38. The van der Waals surface area contributed by atoms with E-state index < -0.39 is 21.8 Å². The third-order valence-corrected chi connectivity index (χ3v) is 6.99. The highest BCUT2D eigenvalue weighted by Gasteiger charge is 2.46. The van der Waals surface area contributed by atoms with Crippen molar-refractivity contribution in [1.29, 1.82) is 0 Å². The van der Waals surface area contributed by atoms with Crippen molar-refractivity contribution in [1.82, 2.24) is 10.2 Å². The summed E-state index contributed by atoms with van der Waals surface area (Å²) in [7, 11) is -1.99. The third-order valence-electron chi connectivity index (χ3n) is 5.87.